The lowest BCUT2D eigenvalue weighted by atomic mass is 9.69. The van der Waals surface area contributed by atoms with Gasteiger partial charge in [0.05, 0.1) is 5.41 Å². The second-order valence-corrected chi connectivity index (χ2v) is 6.17. The number of nitrogens with two attached hydrogens (primary N) is 1. The van der Waals surface area contributed by atoms with Crippen LogP contribution in [0.25, 0.3) is 0 Å². The van der Waals surface area contributed by atoms with E-state index in [0.29, 0.717) is 18.5 Å². The average molecular weight is 238 g/mol. The van der Waals surface area contributed by atoms with Gasteiger partial charge in [0, 0.05) is 19.6 Å². The lowest BCUT2D eigenvalue weighted by Crippen LogP contribution is -2.52. The number of amides is 1. The lowest BCUT2D eigenvalue weighted by molar-refractivity contribution is -0.146. The molecule has 0 aromatic rings. The fourth-order valence-corrected chi connectivity index (χ4v) is 3.13. The van der Waals surface area contributed by atoms with Crippen LogP contribution in [-0.2, 0) is 4.79 Å². The summed E-state index contributed by atoms with van der Waals surface area (Å²) in [7, 11) is 1.97. The molecular weight excluding hydrogens is 212 g/mol. The smallest absolute Gasteiger partial charge is 0.230 e. The van der Waals surface area contributed by atoms with Gasteiger partial charge >= 0.3 is 0 Å². The molecule has 2 rings (SSSR count). The molecule has 0 bridgehead atoms. The summed E-state index contributed by atoms with van der Waals surface area (Å²) in [6.07, 6.45) is 7.91. The fraction of sp³-hybridized carbons (Fsp3) is 0.929. The zero-order valence-corrected chi connectivity index (χ0v) is 11.2. The Hall–Kier alpha value is -0.570. The maximum Gasteiger partial charge on any atom is 0.230 e. The van der Waals surface area contributed by atoms with Crippen LogP contribution in [0.15, 0.2) is 0 Å². The molecule has 2 aliphatic carbocycles. The summed E-state index contributed by atoms with van der Waals surface area (Å²) in [6.45, 7) is 2.80. The highest BCUT2D eigenvalue weighted by Crippen LogP contribution is 2.40. The highest BCUT2D eigenvalue weighted by atomic mass is 16.2. The molecule has 2 N–H and O–H groups in total. The standard InChI is InChI=1S/C14H26N2O/c1-11-6-8-14(10-15,9-7-11)13(17)16(2)12-4-3-5-12/h11-12H,3-10,15H2,1-2H3. The summed E-state index contributed by atoms with van der Waals surface area (Å²) in [4.78, 5) is 14.6. The van der Waals surface area contributed by atoms with E-state index in [-0.39, 0.29) is 5.41 Å². The van der Waals surface area contributed by atoms with E-state index in [1.54, 1.807) is 0 Å². The number of carbonyl (C=O) groups is 1. The minimum atomic E-state index is -0.239. The molecule has 0 aromatic heterocycles. The first-order chi connectivity index (χ1) is 8.09. The quantitative estimate of drug-likeness (QED) is 0.819. The molecule has 0 aromatic carbocycles. The van der Waals surface area contributed by atoms with Gasteiger partial charge in [-0.1, -0.05) is 6.92 Å². The first kappa shape index (κ1) is 12.9. The third-order valence-corrected chi connectivity index (χ3v) is 5.02. The summed E-state index contributed by atoms with van der Waals surface area (Å²) >= 11 is 0. The molecule has 0 atom stereocenters. The first-order valence-corrected chi connectivity index (χ1v) is 7.06. The number of hydrogen-bond acceptors (Lipinski definition) is 2. The maximum absolute atomic E-state index is 12.6. The molecule has 3 nitrogen and oxygen atoms in total. The summed E-state index contributed by atoms with van der Waals surface area (Å²) < 4.78 is 0. The number of hydrogen-bond donors (Lipinski definition) is 1. The van der Waals surface area contributed by atoms with Crippen molar-refractivity contribution < 1.29 is 4.79 Å². The highest BCUT2D eigenvalue weighted by Gasteiger charge is 2.43. The van der Waals surface area contributed by atoms with Crippen LogP contribution in [-0.4, -0.2) is 30.4 Å². The Bertz CT molecular complexity index is 278. The van der Waals surface area contributed by atoms with Crippen molar-refractivity contribution in [1.82, 2.24) is 4.90 Å². The van der Waals surface area contributed by atoms with Crippen LogP contribution in [0.3, 0.4) is 0 Å². The zero-order valence-electron chi connectivity index (χ0n) is 11.2. The minimum absolute atomic E-state index is 0.239. The third-order valence-electron chi connectivity index (χ3n) is 5.02. The predicted octanol–water partition coefficient (Wildman–Crippen LogP) is 2.15. The normalized spacial score (nSPS) is 34.2. The van der Waals surface area contributed by atoms with E-state index >= 15 is 0 Å². The van der Waals surface area contributed by atoms with Crippen molar-refractivity contribution in [3.8, 4) is 0 Å². The van der Waals surface area contributed by atoms with Crippen molar-refractivity contribution >= 4 is 5.91 Å². The number of carbonyl (C=O) groups excluding carboxylic acids is 1. The molecule has 2 aliphatic rings. The van der Waals surface area contributed by atoms with Crippen molar-refractivity contribution in [3.63, 3.8) is 0 Å². The topological polar surface area (TPSA) is 46.3 Å². The van der Waals surface area contributed by atoms with Gasteiger partial charge in [0.25, 0.3) is 0 Å². The summed E-state index contributed by atoms with van der Waals surface area (Å²) in [6, 6.07) is 0.491. The second kappa shape index (κ2) is 4.97. The maximum atomic E-state index is 12.6. The fourth-order valence-electron chi connectivity index (χ4n) is 3.13. The molecule has 0 saturated heterocycles. The molecule has 98 valence electrons. The van der Waals surface area contributed by atoms with Crippen LogP contribution in [0, 0.1) is 11.3 Å². The molecule has 0 heterocycles. The average Bonchev–Trinajstić information content (AvgIpc) is 2.27. The molecule has 2 fully saturated rings. The summed E-state index contributed by atoms with van der Waals surface area (Å²) in [5.41, 5.74) is 5.70. The van der Waals surface area contributed by atoms with E-state index < -0.39 is 0 Å². The van der Waals surface area contributed by atoms with E-state index in [4.69, 9.17) is 5.73 Å². The van der Waals surface area contributed by atoms with Gasteiger partial charge in [-0.25, -0.2) is 0 Å². The van der Waals surface area contributed by atoms with Crippen molar-refractivity contribution in [1.29, 1.82) is 0 Å². The number of rotatable bonds is 3. The van der Waals surface area contributed by atoms with Crippen LogP contribution in [0.2, 0.25) is 0 Å². The molecular formula is C14H26N2O. The molecule has 0 spiro atoms. The van der Waals surface area contributed by atoms with Crippen LogP contribution < -0.4 is 5.73 Å². The van der Waals surface area contributed by atoms with Gasteiger partial charge in [0.15, 0.2) is 0 Å². The predicted molar refractivity (Wildman–Crippen MR) is 69.5 cm³/mol. The lowest BCUT2D eigenvalue weighted by Gasteiger charge is -2.44. The Balaban J connectivity index is 2.03. The van der Waals surface area contributed by atoms with Gasteiger partial charge in [0.1, 0.15) is 0 Å². The molecule has 2 saturated carbocycles. The van der Waals surface area contributed by atoms with Crippen molar-refractivity contribution in [2.75, 3.05) is 13.6 Å². The van der Waals surface area contributed by atoms with Crippen LogP contribution >= 0.6 is 0 Å². The van der Waals surface area contributed by atoms with Gasteiger partial charge in [-0.2, -0.15) is 0 Å². The van der Waals surface area contributed by atoms with Crippen molar-refractivity contribution in [2.45, 2.75) is 57.9 Å². The molecule has 0 radical (unpaired) electrons. The van der Waals surface area contributed by atoms with E-state index in [0.717, 1.165) is 31.6 Å². The molecule has 0 aliphatic heterocycles. The van der Waals surface area contributed by atoms with Crippen molar-refractivity contribution in [3.05, 3.63) is 0 Å². The van der Waals surface area contributed by atoms with E-state index in [1.807, 2.05) is 11.9 Å². The van der Waals surface area contributed by atoms with E-state index in [1.165, 1.54) is 19.3 Å². The highest BCUT2D eigenvalue weighted by molar-refractivity contribution is 5.83. The van der Waals surface area contributed by atoms with Crippen LogP contribution in [0.5, 0.6) is 0 Å². The summed E-state index contributed by atoms with van der Waals surface area (Å²) in [5, 5.41) is 0. The Labute approximate surface area is 105 Å². The van der Waals surface area contributed by atoms with Gasteiger partial charge in [-0.3, -0.25) is 4.79 Å². The Kier molecular flexibility index (Phi) is 3.76. The molecule has 1 amide bonds. The largest absolute Gasteiger partial charge is 0.342 e. The SMILES string of the molecule is CC1CCC(CN)(C(=O)N(C)C2CCC2)CC1. The summed E-state index contributed by atoms with van der Waals surface area (Å²) in [5.74, 6) is 1.08. The van der Waals surface area contributed by atoms with Crippen LogP contribution in [0.4, 0.5) is 0 Å². The van der Waals surface area contributed by atoms with Crippen molar-refractivity contribution in [2.24, 2.45) is 17.1 Å². The molecule has 17 heavy (non-hydrogen) atoms. The monoisotopic (exact) mass is 238 g/mol. The Morgan fingerprint density at radius 3 is 2.29 bits per heavy atom. The van der Waals surface area contributed by atoms with Gasteiger partial charge in [0.2, 0.25) is 5.91 Å². The Morgan fingerprint density at radius 1 is 1.29 bits per heavy atom. The second-order valence-electron chi connectivity index (χ2n) is 6.17. The number of nitrogens with zero attached hydrogens (tertiary/aromatic N) is 1. The van der Waals surface area contributed by atoms with E-state index in [9.17, 15) is 4.79 Å². The van der Waals surface area contributed by atoms with E-state index in [2.05, 4.69) is 6.92 Å². The Morgan fingerprint density at radius 2 is 1.88 bits per heavy atom. The minimum Gasteiger partial charge on any atom is -0.342 e. The zero-order chi connectivity index (χ0) is 12.5. The van der Waals surface area contributed by atoms with Crippen LogP contribution in [0.1, 0.15) is 51.9 Å². The van der Waals surface area contributed by atoms with Gasteiger partial charge in [-0.15, -0.1) is 0 Å². The molecule has 0 unspecified atom stereocenters. The van der Waals surface area contributed by atoms with Gasteiger partial charge in [-0.05, 0) is 50.9 Å². The van der Waals surface area contributed by atoms with Gasteiger partial charge < -0.3 is 10.6 Å². The molecule has 3 heteroatoms. The first-order valence-electron chi connectivity index (χ1n) is 7.06. The third kappa shape index (κ3) is 2.35.